The second-order valence-electron chi connectivity index (χ2n) is 5.66. The van der Waals surface area contributed by atoms with Crippen LogP contribution in [-0.4, -0.2) is 10.2 Å². The van der Waals surface area contributed by atoms with Gasteiger partial charge in [0.2, 0.25) is 0 Å². The second-order valence-corrected chi connectivity index (χ2v) is 5.66. The Kier molecular flexibility index (Phi) is 3.37. The molecule has 12 heteroatoms. The maximum atomic E-state index is 10.9. The first kappa shape index (κ1) is 16.8. The fourth-order valence-electron chi connectivity index (χ4n) is 3.08. The Morgan fingerprint density at radius 3 is 1.62 bits per heavy atom. The van der Waals surface area contributed by atoms with Gasteiger partial charge in [-0.2, -0.15) is 5.11 Å². The molecule has 0 aromatic heterocycles. The molecule has 0 saturated heterocycles. The van der Waals surface area contributed by atoms with Crippen LogP contribution < -0.4 is 45.7 Å². The van der Waals surface area contributed by atoms with Crippen LogP contribution in [-0.2, 0) is 0 Å². The zero-order valence-electron chi connectivity index (χ0n) is 13.4. The third kappa shape index (κ3) is 1.75. The summed E-state index contributed by atoms with van der Waals surface area (Å²) >= 11 is 0. The van der Waals surface area contributed by atoms with Crippen LogP contribution in [0.5, 0.6) is 11.5 Å². The van der Waals surface area contributed by atoms with Crippen LogP contribution in [0.3, 0.4) is 0 Å². The summed E-state index contributed by atoms with van der Waals surface area (Å²) in [4.78, 5) is 0. The van der Waals surface area contributed by atoms with Crippen molar-refractivity contribution in [1.29, 1.82) is 5.53 Å². The Bertz CT molecular complexity index is 1130. The van der Waals surface area contributed by atoms with E-state index in [4.69, 9.17) is 45.8 Å². The molecule has 3 rings (SSSR count). The van der Waals surface area contributed by atoms with Gasteiger partial charge in [0.25, 0.3) is 0 Å². The van der Waals surface area contributed by atoms with Crippen LogP contribution in [0.15, 0.2) is 5.11 Å². The number of hydrazine groups is 1. The molecule has 0 heterocycles. The van der Waals surface area contributed by atoms with Gasteiger partial charge in [-0.25, -0.2) is 5.53 Å². The van der Waals surface area contributed by atoms with E-state index in [1.54, 1.807) is 0 Å². The van der Waals surface area contributed by atoms with E-state index in [1.807, 2.05) is 0 Å². The van der Waals surface area contributed by atoms with Gasteiger partial charge < -0.3 is 50.0 Å². The first-order valence-electron chi connectivity index (χ1n) is 7.17. The maximum Gasteiger partial charge on any atom is 0.136 e. The Morgan fingerprint density at radius 2 is 1.12 bits per heavy atom. The Labute approximate surface area is 146 Å². The number of hydrogen-bond acceptors (Lipinski definition) is 12. The minimum Gasteiger partial charge on any atom is -0.506 e. The average Bonchev–Trinajstić information content (AvgIpc) is 2.62. The summed E-state index contributed by atoms with van der Waals surface area (Å²) in [7, 11) is 0. The van der Waals surface area contributed by atoms with E-state index in [1.165, 1.54) is 0 Å². The highest BCUT2D eigenvalue weighted by Crippen LogP contribution is 2.56. The van der Waals surface area contributed by atoms with Gasteiger partial charge in [0, 0.05) is 0 Å². The van der Waals surface area contributed by atoms with Crippen molar-refractivity contribution >= 4 is 67.0 Å². The molecule has 0 aliphatic rings. The van der Waals surface area contributed by atoms with Crippen molar-refractivity contribution < 1.29 is 10.2 Å². The van der Waals surface area contributed by atoms with Crippen molar-refractivity contribution in [2.45, 2.75) is 0 Å². The van der Waals surface area contributed by atoms with Crippen LogP contribution in [0, 0.1) is 5.53 Å². The van der Waals surface area contributed by atoms with E-state index < -0.39 is 11.5 Å². The molecule has 0 spiro atoms. The number of phenols is 2. The number of nitrogen functional groups attached to an aromatic ring is 7. The molecular weight excluding hydrogens is 340 g/mol. The predicted octanol–water partition coefficient (Wildman–Crippen LogP) is 0.845. The molecule has 0 saturated carbocycles. The normalized spacial score (nSPS) is 11.1. The molecule has 0 fully saturated rings. The lowest BCUT2D eigenvalue weighted by molar-refractivity contribution is 0.479. The van der Waals surface area contributed by atoms with Crippen LogP contribution in [0.1, 0.15) is 0 Å². The van der Waals surface area contributed by atoms with Crippen molar-refractivity contribution in [2.75, 3.05) is 39.8 Å². The summed E-state index contributed by atoms with van der Waals surface area (Å²) in [6, 6.07) is 0. The molecule has 136 valence electrons. The number of anilines is 7. The van der Waals surface area contributed by atoms with Gasteiger partial charge in [0.15, 0.2) is 0 Å². The Balaban J connectivity index is 2.84. The lowest BCUT2D eigenvalue weighted by atomic mass is 9.93. The lowest BCUT2D eigenvalue weighted by Crippen LogP contribution is -2.13. The minimum absolute atomic E-state index is 0.0199. The van der Waals surface area contributed by atoms with E-state index in [9.17, 15) is 10.2 Å². The van der Waals surface area contributed by atoms with E-state index in [-0.39, 0.29) is 67.0 Å². The van der Waals surface area contributed by atoms with Crippen molar-refractivity contribution in [2.24, 2.45) is 11.0 Å². The molecule has 0 amide bonds. The summed E-state index contributed by atoms with van der Waals surface area (Å²) < 4.78 is 0. The van der Waals surface area contributed by atoms with E-state index in [0.29, 0.717) is 0 Å². The Morgan fingerprint density at radius 1 is 0.654 bits per heavy atom. The number of hydrogen-bond donors (Lipinski definition) is 11. The zero-order valence-corrected chi connectivity index (χ0v) is 13.4. The number of nitrogens with zero attached hydrogens (tertiary/aromatic N) is 1. The molecule has 18 N–H and O–H groups in total. The second kappa shape index (κ2) is 5.22. The smallest absolute Gasteiger partial charge is 0.136 e. The summed E-state index contributed by atoms with van der Waals surface area (Å²) in [6.07, 6.45) is 0. The molecule has 0 unspecified atom stereocenters. The monoisotopic (exact) mass is 358 g/mol. The summed E-state index contributed by atoms with van der Waals surface area (Å²) in [5.74, 6) is 4.61. The number of fused-ring (bicyclic) bond motifs is 2. The average molecular weight is 358 g/mol. The standard InChI is InChI=1S/C14H18N10O2/c15-5-1-3(11(23-21)9(19)7(5)17)14(26)2-4(13(1)25)12(24-22)10(20)8(18)6(2)16/h21,24-26H,15-20,22H2. The van der Waals surface area contributed by atoms with Crippen LogP contribution >= 0.6 is 0 Å². The fraction of sp³-hybridized carbons (Fsp3) is 0. The summed E-state index contributed by atoms with van der Waals surface area (Å²) in [5, 5.41) is 24.8. The molecular formula is C14H18N10O2. The number of nitrogens with one attached hydrogen (secondary N) is 2. The summed E-state index contributed by atoms with van der Waals surface area (Å²) in [5.41, 5.74) is 44.5. The van der Waals surface area contributed by atoms with Gasteiger partial charge in [-0.1, -0.05) is 0 Å². The highest BCUT2D eigenvalue weighted by atomic mass is 16.3. The summed E-state index contributed by atoms with van der Waals surface area (Å²) in [6.45, 7) is 0. The third-order valence-electron chi connectivity index (χ3n) is 4.41. The van der Waals surface area contributed by atoms with Gasteiger partial charge in [0.05, 0.1) is 61.4 Å². The van der Waals surface area contributed by atoms with Crippen LogP contribution in [0.25, 0.3) is 21.5 Å². The molecule has 26 heavy (non-hydrogen) atoms. The first-order chi connectivity index (χ1) is 12.2. The quantitative estimate of drug-likeness (QED) is 0.0766. The van der Waals surface area contributed by atoms with Gasteiger partial charge >= 0.3 is 0 Å². The van der Waals surface area contributed by atoms with Crippen LogP contribution in [0.2, 0.25) is 0 Å². The number of benzene rings is 3. The molecule has 0 aliphatic heterocycles. The number of nitrogens with two attached hydrogens (primary N) is 7. The number of aromatic hydroxyl groups is 2. The molecule has 3 aromatic rings. The zero-order chi connectivity index (χ0) is 19.5. The minimum atomic E-state index is -0.460. The van der Waals surface area contributed by atoms with Crippen LogP contribution in [0.4, 0.5) is 45.5 Å². The molecule has 0 radical (unpaired) electrons. The van der Waals surface area contributed by atoms with E-state index in [2.05, 4.69) is 10.5 Å². The Hall–Kier alpha value is -4.06. The van der Waals surface area contributed by atoms with E-state index >= 15 is 0 Å². The van der Waals surface area contributed by atoms with Gasteiger partial charge in [0.1, 0.15) is 17.2 Å². The predicted molar refractivity (Wildman–Crippen MR) is 104 cm³/mol. The highest BCUT2D eigenvalue weighted by Gasteiger charge is 2.27. The third-order valence-corrected chi connectivity index (χ3v) is 4.41. The van der Waals surface area contributed by atoms with Gasteiger partial charge in [-0.15, -0.1) is 0 Å². The van der Waals surface area contributed by atoms with Crippen molar-refractivity contribution in [3.8, 4) is 11.5 Å². The lowest BCUT2D eigenvalue weighted by Gasteiger charge is -2.21. The topological polar surface area (TPSA) is 271 Å². The SMILES string of the molecule is N=Nc1c(N)c(N)c(N)c2c(O)c3c(NN)c(N)c(N)c(N)c3c(O)c12. The molecule has 0 atom stereocenters. The number of rotatable bonds is 2. The van der Waals surface area contributed by atoms with Gasteiger partial charge in [-0.3, -0.25) is 5.84 Å². The van der Waals surface area contributed by atoms with Gasteiger partial charge in [-0.05, 0) is 0 Å². The molecule has 0 aliphatic carbocycles. The fourth-order valence-corrected chi connectivity index (χ4v) is 3.08. The maximum absolute atomic E-state index is 10.9. The first-order valence-corrected chi connectivity index (χ1v) is 7.17. The van der Waals surface area contributed by atoms with Crippen molar-refractivity contribution in [3.05, 3.63) is 0 Å². The van der Waals surface area contributed by atoms with E-state index in [0.717, 1.165) is 0 Å². The number of phenolic OH excluding ortho intramolecular Hbond substituents is 2. The largest absolute Gasteiger partial charge is 0.506 e. The van der Waals surface area contributed by atoms with Crippen molar-refractivity contribution in [3.63, 3.8) is 0 Å². The molecule has 12 nitrogen and oxygen atoms in total. The molecule has 3 aromatic carbocycles. The molecule has 0 bridgehead atoms. The highest BCUT2D eigenvalue weighted by molar-refractivity contribution is 6.28. The van der Waals surface area contributed by atoms with Crippen molar-refractivity contribution in [1.82, 2.24) is 0 Å².